The van der Waals surface area contributed by atoms with Gasteiger partial charge in [-0.05, 0) is 18.2 Å². The molecule has 122 valence electrons. The molecule has 0 fully saturated rings. The Balaban J connectivity index is 1.67. The van der Waals surface area contributed by atoms with Crippen LogP contribution in [0.25, 0.3) is 33.9 Å². The summed E-state index contributed by atoms with van der Waals surface area (Å²) in [5.74, 6) is 0.657. The van der Waals surface area contributed by atoms with Gasteiger partial charge in [-0.25, -0.2) is 15.0 Å². The van der Waals surface area contributed by atoms with Gasteiger partial charge < -0.3 is 0 Å². The van der Waals surface area contributed by atoms with Crippen molar-refractivity contribution >= 4 is 22.6 Å². The largest absolute Gasteiger partial charge is 0.247 e. The van der Waals surface area contributed by atoms with Gasteiger partial charge in [-0.1, -0.05) is 54.6 Å². The number of hydrogen-bond acceptors (Lipinski definition) is 4. The molecule has 0 bridgehead atoms. The Labute approximate surface area is 151 Å². The average Bonchev–Trinajstić information content (AvgIpc) is 2.73. The van der Waals surface area contributed by atoms with E-state index >= 15 is 0 Å². The van der Waals surface area contributed by atoms with E-state index in [2.05, 4.69) is 21.0 Å². The summed E-state index contributed by atoms with van der Waals surface area (Å²) in [7, 11) is 0. The SMILES string of the molecule is N#CC(=Cc1cnc(-c2ccccc2)nc1)c1ccc2ccccc2n1. The van der Waals surface area contributed by atoms with Crippen LogP contribution < -0.4 is 0 Å². The van der Waals surface area contributed by atoms with Crippen molar-refractivity contribution in [3.63, 3.8) is 0 Å². The Morgan fingerprint density at radius 1 is 0.846 bits per heavy atom. The van der Waals surface area contributed by atoms with Gasteiger partial charge in [-0.15, -0.1) is 0 Å². The van der Waals surface area contributed by atoms with Gasteiger partial charge in [-0.3, -0.25) is 0 Å². The summed E-state index contributed by atoms with van der Waals surface area (Å²) in [6, 6.07) is 23.7. The number of hydrogen-bond donors (Lipinski definition) is 0. The number of allylic oxidation sites excluding steroid dienone is 1. The topological polar surface area (TPSA) is 62.5 Å². The van der Waals surface area contributed by atoms with Gasteiger partial charge in [0.25, 0.3) is 0 Å². The van der Waals surface area contributed by atoms with Crippen LogP contribution in [-0.2, 0) is 0 Å². The average molecular weight is 334 g/mol. The van der Waals surface area contributed by atoms with Crippen molar-refractivity contribution < 1.29 is 0 Å². The first-order valence-electron chi connectivity index (χ1n) is 8.19. The normalized spacial score (nSPS) is 11.3. The van der Waals surface area contributed by atoms with Crippen molar-refractivity contribution in [3.05, 3.63) is 90.4 Å². The molecule has 0 amide bonds. The lowest BCUT2D eigenvalue weighted by molar-refractivity contribution is 1.17. The molecule has 0 atom stereocenters. The lowest BCUT2D eigenvalue weighted by atomic mass is 10.1. The van der Waals surface area contributed by atoms with Crippen molar-refractivity contribution in [2.75, 3.05) is 0 Å². The first-order valence-corrected chi connectivity index (χ1v) is 8.19. The molecule has 4 aromatic rings. The van der Waals surface area contributed by atoms with E-state index in [1.54, 1.807) is 18.5 Å². The molecular formula is C22H14N4. The summed E-state index contributed by atoms with van der Waals surface area (Å²) in [6.07, 6.45) is 5.19. The number of aromatic nitrogens is 3. The van der Waals surface area contributed by atoms with E-state index in [1.165, 1.54) is 0 Å². The smallest absolute Gasteiger partial charge is 0.159 e. The molecule has 0 aliphatic carbocycles. The molecule has 0 aliphatic rings. The fourth-order valence-corrected chi connectivity index (χ4v) is 2.70. The van der Waals surface area contributed by atoms with Crippen LogP contribution in [0, 0.1) is 11.3 Å². The van der Waals surface area contributed by atoms with Crippen molar-refractivity contribution in [2.45, 2.75) is 0 Å². The van der Waals surface area contributed by atoms with Crippen LogP contribution in [0.1, 0.15) is 11.3 Å². The highest BCUT2D eigenvalue weighted by molar-refractivity contribution is 5.90. The number of para-hydroxylation sites is 1. The lowest BCUT2D eigenvalue weighted by Gasteiger charge is -2.03. The molecule has 4 heteroatoms. The fourth-order valence-electron chi connectivity index (χ4n) is 2.70. The van der Waals surface area contributed by atoms with E-state index in [9.17, 15) is 5.26 Å². The van der Waals surface area contributed by atoms with E-state index in [0.29, 0.717) is 17.1 Å². The Bertz CT molecular complexity index is 1120. The number of nitrogens with zero attached hydrogens (tertiary/aromatic N) is 4. The molecule has 0 radical (unpaired) electrons. The van der Waals surface area contributed by atoms with Crippen molar-refractivity contribution in [1.82, 2.24) is 15.0 Å². The summed E-state index contributed by atoms with van der Waals surface area (Å²) >= 11 is 0. The predicted octanol–water partition coefficient (Wildman–Crippen LogP) is 4.76. The van der Waals surface area contributed by atoms with Crippen LogP contribution in [-0.4, -0.2) is 15.0 Å². The molecule has 0 unspecified atom stereocenters. The van der Waals surface area contributed by atoms with Crippen molar-refractivity contribution in [2.24, 2.45) is 0 Å². The van der Waals surface area contributed by atoms with E-state index in [1.807, 2.05) is 66.7 Å². The second-order valence-electron chi connectivity index (χ2n) is 5.77. The van der Waals surface area contributed by atoms with Gasteiger partial charge in [0, 0.05) is 28.9 Å². The summed E-state index contributed by atoms with van der Waals surface area (Å²) < 4.78 is 0. The molecule has 0 N–H and O–H groups in total. The molecule has 0 saturated carbocycles. The minimum absolute atomic E-state index is 0.479. The summed E-state index contributed by atoms with van der Waals surface area (Å²) in [4.78, 5) is 13.4. The molecule has 0 aliphatic heterocycles. The third-order valence-electron chi connectivity index (χ3n) is 4.01. The Morgan fingerprint density at radius 3 is 2.35 bits per heavy atom. The third kappa shape index (κ3) is 3.19. The van der Waals surface area contributed by atoms with Crippen LogP contribution in [0.2, 0.25) is 0 Å². The minimum Gasteiger partial charge on any atom is -0.247 e. The highest BCUT2D eigenvalue weighted by atomic mass is 14.9. The summed E-state index contributed by atoms with van der Waals surface area (Å²) in [5.41, 5.74) is 3.70. The second kappa shape index (κ2) is 6.96. The first kappa shape index (κ1) is 15.7. The molecule has 2 aromatic heterocycles. The maximum Gasteiger partial charge on any atom is 0.159 e. The quantitative estimate of drug-likeness (QED) is 0.507. The number of benzene rings is 2. The Kier molecular flexibility index (Phi) is 4.19. The fraction of sp³-hybridized carbons (Fsp3) is 0. The number of fused-ring (bicyclic) bond motifs is 1. The molecule has 2 heterocycles. The number of pyridine rings is 1. The highest BCUT2D eigenvalue weighted by Crippen LogP contribution is 2.20. The second-order valence-corrected chi connectivity index (χ2v) is 5.77. The predicted molar refractivity (Wildman–Crippen MR) is 103 cm³/mol. The molecule has 4 rings (SSSR count). The molecule has 0 saturated heterocycles. The number of rotatable bonds is 3. The molecule has 4 nitrogen and oxygen atoms in total. The monoisotopic (exact) mass is 334 g/mol. The van der Waals surface area contributed by atoms with Crippen LogP contribution in [0.4, 0.5) is 0 Å². The van der Waals surface area contributed by atoms with Gasteiger partial charge in [0.1, 0.15) is 6.07 Å². The van der Waals surface area contributed by atoms with Crippen LogP contribution in [0.15, 0.2) is 79.1 Å². The van der Waals surface area contributed by atoms with Crippen LogP contribution in [0.3, 0.4) is 0 Å². The van der Waals surface area contributed by atoms with Gasteiger partial charge >= 0.3 is 0 Å². The molecule has 2 aromatic carbocycles. The zero-order chi connectivity index (χ0) is 17.8. The van der Waals surface area contributed by atoms with Crippen LogP contribution >= 0.6 is 0 Å². The summed E-state index contributed by atoms with van der Waals surface area (Å²) in [6.45, 7) is 0. The van der Waals surface area contributed by atoms with Crippen molar-refractivity contribution in [1.29, 1.82) is 5.26 Å². The summed E-state index contributed by atoms with van der Waals surface area (Å²) in [5, 5.41) is 10.6. The molecular weight excluding hydrogens is 320 g/mol. The highest BCUT2D eigenvalue weighted by Gasteiger charge is 2.06. The van der Waals surface area contributed by atoms with Crippen LogP contribution in [0.5, 0.6) is 0 Å². The van der Waals surface area contributed by atoms with Crippen molar-refractivity contribution in [3.8, 4) is 17.5 Å². The van der Waals surface area contributed by atoms with E-state index in [0.717, 1.165) is 22.0 Å². The zero-order valence-corrected chi connectivity index (χ0v) is 13.9. The van der Waals surface area contributed by atoms with E-state index < -0.39 is 0 Å². The van der Waals surface area contributed by atoms with E-state index in [4.69, 9.17) is 0 Å². The maximum atomic E-state index is 9.55. The van der Waals surface area contributed by atoms with Gasteiger partial charge in [0.2, 0.25) is 0 Å². The minimum atomic E-state index is 0.479. The van der Waals surface area contributed by atoms with Gasteiger partial charge in [0.15, 0.2) is 5.82 Å². The number of nitriles is 1. The zero-order valence-electron chi connectivity index (χ0n) is 13.9. The Hall–Kier alpha value is -3.84. The van der Waals surface area contributed by atoms with Gasteiger partial charge in [0.05, 0.1) is 16.8 Å². The standard InChI is InChI=1S/C22H14N4/c23-13-19(21-11-10-17-6-4-5-9-20(17)26-21)12-16-14-24-22(25-15-16)18-7-2-1-3-8-18/h1-12,14-15H. The first-order chi connectivity index (χ1) is 12.8. The molecule has 0 spiro atoms. The van der Waals surface area contributed by atoms with Gasteiger partial charge in [-0.2, -0.15) is 5.26 Å². The van der Waals surface area contributed by atoms with E-state index in [-0.39, 0.29) is 0 Å². The Morgan fingerprint density at radius 2 is 1.58 bits per heavy atom. The maximum absolute atomic E-state index is 9.55. The third-order valence-corrected chi connectivity index (χ3v) is 4.01. The molecule has 26 heavy (non-hydrogen) atoms. The lowest BCUT2D eigenvalue weighted by Crippen LogP contribution is -1.91.